The minimum Gasteiger partial charge on any atom is -0.325 e. The van der Waals surface area contributed by atoms with Crippen LogP contribution in [-0.4, -0.2) is 29.2 Å². The molecule has 120 valence electrons. The molecule has 2 aliphatic rings. The van der Waals surface area contributed by atoms with Gasteiger partial charge < -0.3 is 5.32 Å². The number of likely N-dealkylation sites (tertiary alicyclic amines) is 1. The second kappa shape index (κ2) is 6.36. The summed E-state index contributed by atoms with van der Waals surface area (Å²) in [5.74, 6) is -1.36. The Morgan fingerprint density at radius 1 is 1.09 bits per heavy atom. The molecular formula is C18H20N2O3. The Morgan fingerprint density at radius 3 is 2.17 bits per heavy atom. The first-order valence-corrected chi connectivity index (χ1v) is 7.99. The number of nitrogens with zero attached hydrogens (tertiary/aromatic N) is 1. The Kier molecular flexibility index (Phi) is 4.28. The number of benzene rings is 1. The number of aryl methyl sites for hydroxylation is 1. The van der Waals surface area contributed by atoms with Gasteiger partial charge in [0.1, 0.15) is 6.54 Å². The van der Waals surface area contributed by atoms with E-state index >= 15 is 0 Å². The minimum absolute atomic E-state index is 0.208. The topological polar surface area (TPSA) is 66.5 Å². The summed E-state index contributed by atoms with van der Waals surface area (Å²) in [5.41, 5.74) is 1.86. The normalized spacial score (nSPS) is 23.1. The van der Waals surface area contributed by atoms with Gasteiger partial charge in [-0.05, 0) is 37.0 Å². The van der Waals surface area contributed by atoms with E-state index in [4.69, 9.17) is 0 Å². The highest BCUT2D eigenvalue weighted by atomic mass is 16.2. The van der Waals surface area contributed by atoms with Crippen LogP contribution < -0.4 is 5.32 Å². The third kappa shape index (κ3) is 3.04. The van der Waals surface area contributed by atoms with E-state index in [2.05, 4.69) is 12.2 Å². The fourth-order valence-corrected chi connectivity index (χ4v) is 3.19. The molecule has 0 bridgehead atoms. The molecule has 1 saturated heterocycles. The number of carbonyl (C=O) groups is 3. The standard InChI is InChI=1S/C18H20N2O3/c1-2-12-7-9-13(10-8-12)19-16(21)11-20-17(22)14-5-3-4-6-15(14)18(20)23/h3-4,7-10,14-15H,2,5-6,11H2,1H3,(H,19,21)/t14-,15-/m1/s1. The summed E-state index contributed by atoms with van der Waals surface area (Å²) in [5, 5.41) is 2.74. The molecule has 3 amide bonds. The molecule has 1 N–H and O–H groups in total. The Morgan fingerprint density at radius 2 is 1.65 bits per heavy atom. The van der Waals surface area contributed by atoms with Crippen molar-refractivity contribution in [3.63, 3.8) is 0 Å². The first-order valence-electron chi connectivity index (χ1n) is 7.99. The number of amides is 3. The van der Waals surface area contributed by atoms with Gasteiger partial charge in [-0.15, -0.1) is 0 Å². The van der Waals surface area contributed by atoms with Crippen LogP contribution in [0.15, 0.2) is 36.4 Å². The minimum atomic E-state index is -0.345. The lowest BCUT2D eigenvalue weighted by Crippen LogP contribution is -2.38. The van der Waals surface area contributed by atoms with Gasteiger partial charge in [-0.1, -0.05) is 31.2 Å². The average Bonchev–Trinajstić information content (AvgIpc) is 2.81. The number of nitrogens with one attached hydrogen (secondary N) is 1. The van der Waals surface area contributed by atoms with E-state index in [-0.39, 0.29) is 36.1 Å². The first-order chi connectivity index (χ1) is 11.1. The molecule has 1 aliphatic heterocycles. The molecule has 0 spiro atoms. The van der Waals surface area contributed by atoms with Gasteiger partial charge in [0.25, 0.3) is 0 Å². The van der Waals surface area contributed by atoms with Gasteiger partial charge in [0.2, 0.25) is 17.7 Å². The van der Waals surface area contributed by atoms with Crippen LogP contribution in [-0.2, 0) is 20.8 Å². The van der Waals surface area contributed by atoms with Gasteiger partial charge in [0, 0.05) is 5.69 Å². The number of rotatable bonds is 4. The first kappa shape index (κ1) is 15.5. The molecule has 23 heavy (non-hydrogen) atoms. The quantitative estimate of drug-likeness (QED) is 0.684. The lowest BCUT2D eigenvalue weighted by molar-refractivity contribution is -0.142. The van der Waals surface area contributed by atoms with E-state index in [9.17, 15) is 14.4 Å². The van der Waals surface area contributed by atoms with Gasteiger partial charge in [-0.3, -0.25) is 19.3 Å². The van der Waals surface area contributed by atoms with E-state index in [0.717, 1.165) is 11.3 Å². The summed E-state index contributed by atoms with van der Waals surface area (Å²) in [6.07, 6.45) is 5.98. The summed E-state index contributed by atoms with van der Waals surface area (Å²) in [6.45, 7) is 1.85. The molecule has 1 aromatic rings. The Balaban J connectivity index is 1.63. The molecule has 1 aromatic carbocycles. The van der Waals surface area contributed by atoms with Crippen LogP contribution in [0.4, 0.5) is 5.69 Å². The molecule has 5 heteroatoms. The van der Waals surface area contributed by atoms with Crippen molar-refractivity contribution in [3.8, 4) is 0 Å². The summed E-state index contributed by atoms with van der Waals surface area (Å²) in [6, 6.07) is 7.55. The number of fused-ring (bicyclic) bond motifs is 1. The number of hydrogen-bond donors (Lipinski definition) is 1. The molecule has 5 nitrogen and oxygen atoms in total. The molecule has 0 saturated carbocycles. The van der Waals surface area contributed by atoms with E-state index in [1.54, 1.807) is 0 Å². The van der Waals surface area contributed by atoms with Gasteiger partial charge in [0.15, 0.2) is 0 Å². The number of imide groups is 1. The molecular weight excluding hydrogens is 292 g/mol. The lowest BCUT2D eigenvalue weighted by atomic mass is 9.85. The van der Waals surface area contributed by atoms with E-state index in [0.29, 0.717) is 18.5 Å². The molecule has 0 aromatic heterocycles. The molecule has 1 heterocycles. The predicted molar refractivity (Wildman–Crippen MR) is 86.5 cm³/mol. The third-order valence-corrected chi connectivity index (χ3v) is 4.55. The molecule has 3 rings (SSSR count). The zero-order chi connectivity index (χ0) is 16.4. The molecule has 2 atom stereocenters. The van der Waals surface area contributed by atoms with Crippen LogP contribution in [0, 0.1) is 11.8 Å². The third-order valence-electron chi connectivity index (χ3n) is 4.55. The number of anilines is 1. The average molecular weight is 312 g/mol. The number of hydrogen-bond acceptors (Lipinski definition) is 3. The van der Waals surface area contributed by atoms with Crippen LogP contribution in [0.5, 0.6) is 0 Å². The largest absolute Gasteiger partial charge is 0.325 e. The van der Waals surface area contributed by atoms with Crippen LogP contribution >= 0.6 is 0 Å². The maximum absolute atomic E-state index is 12.3. The Labute approximate surface area is 135 Å². The summed E-state index contributed by atoms with van der Waals surface area (Å²) in [7, 11) is 0. The second-order valence-corrected chi connectivity index (χ2v) is 6.02. The van der Waals surface area contributed by atoms with Crippen molar-refractivity contribution in [2.45, 2.75) is 26.2 Å². The van der Waals surface area contributed by atoms with Crippen LogP contribution in [0.1, 0.15) is 25.3 Å². The highest BCUT2D eigenvalue weighted by Crippen LogP contribution is 2.34. The summed E-state index contributed by atoms with van der Waals surface area (Å²) >= 11 is 0. The number of allylic oxidation sites excluding steroid dienone is 2. The van der Waals surface area contributed by atoms with Crippen molar-refractivity contribution < 1.29 is 14.4 Å². The van der Waals surface area contributed by atoms with Crippen molar-refractivity contribution in [3.05, 3.63) is 42.0 Å². The molecule has 1 fully saturated rings. The fraction of sp³-hybridized carbons (Fsp3) is 0.389. The van der Waals surface area contributed by atoms with Crippen molar-refractivity contribution in [2.75, 3.05) is 11.9 Å². The van der Waals surface area contributed by atoms with Crippen molar-refractivity contribution in [1.29, 1.82) is 0 Å². The van der Waals surface area contributed by atoms with E-state index in [1.165, 1.54) is 5.56 Å². The second-order valence-electron chi connectivity index (χ2n) is 6.02. The number of carbonyl (C=O) groups excluding carboxylic acids is 3. The smallest absolute Gasteiger partial charge is 0.244 e. The van der Waals surface area contributed by atoms with E-state index < -0.39 is 0 Å². The van der Waals surface area contributed by atoms with Crippen molar-refractivity contribution in [2.24, 2.45) is 11.8 Å². The molecule has 1 aliphatic carbocycles. The van der Waals surface area contributed by atoms with Gasteiger partial charge in [0.05, 0.1) is 11.8 Å². The molecule has 0 unspecified atom stereocenters. The van der Waals surface area contributed by atoms with Crippen LogP contribution in [0.2, 0.25) is 0 Å². The van der Waals surface area contributed by atoms with Gasteiger partial charge in [-0.2, -0.15) is 0 Å². The maximum atomic E-state index is 12.3. The summed E-state index contributed by atoms with van der Waals surface area (Å²) in [4.78, 5) is 37.9. The monoisotopic (exact) mass is 312 g/mol. The van der Waals surface area contributed by atoms with E-state index in [1.807, 2.05) is 36.4 Å². The SMILES string of the molecule is CCc1ccc(NC(=O)CN2C(=O)[C@@H]3CC=CC[C@H]3C2=O)cc1. The Bertz CT molecular complexity index is 637. The summed E-state index contributed by atoms with van der Waals surface area (Å²) < 4.78 is 0. The zero-order valence-corrected chi connectivity index (χ0v) is 13.1. The fourth-order valence-electron chi connectivity index (χ4n) is 3.19. The van der Waals surface area contributed by atoms with Crippen molar-refractivity contribution in [1.82, 2.24) is 4.90 Å². The predicted octanol–water partition coefficient (Wildman–Crippen LogP) is 2.14. The van der Waals surface area contributed by atoms with Crippen LogP contribution in [0.25, 0.3) is 0 Å². The van der Waals surface area contributed by atoms with Gasteiger partial charge in [-0.25, -0.2) is 0 Å². The lowest BCUT2D eigenvalue weighted by Gasteiger charge is -2.14. The highest BCUT2D eigenvalue weighted by molar-refractivity contribution is 6.08. The maximum Gasteiger partial charge on any atom is 0.244 e. The van der Waals surface area contributed by atoms with Gasteiger partial charge >= 0.3 is 0 Å². The Hall–Kier alpha value is -2.43. The molecule has 0 radical (unpaired) electrons. The highest BCUT2D eigenvalue weighted by Gasteiger charge is 2.47. The zero-order valence-electron chi connectivity index (χ0n) is 13.1. The van der Waals surface area contributed by atoms with Crippen molar-refractivity contribution >= 4 is 23.4 Å². The van der Waals surface area contributed by atoms with Crippen LogP contribution in [0.3, 0.4) is 0 Å².